The molecule has 0 bridgehead atoms. The number of hydrogen-bond donors (Lipinski definition) is 0. The normalized spacial score (nSPS) is 11.9. The molecule has 132 valence electrons. The first-order valence-corrected chi connectivity index (χ1v) is 7.51. The Morgan fingerprint density at radius 3 is 2.68 bits per heavy atom. The molecular formula is C15H15F3N6O. The van der Waals surface area contributed by atoms with Gasteiger partial charge in [0.05, 0.1) is 18.3 Å². The van der Waals surface area contributed by atoms with Crippen LogP contribution >= 0.6 is 0 Å². The van der Waals surface area contributed by atoms with E-state index < -0.39 is 17.4 Å². The smallest absolute Gasteiger partial charge is 0.274 e. The summed E-state index contributed by atoms with van der Waals surface area (Å²) in [6, 6.07) is 1.64. The van der Waals surface area contributed by atoms with E-state index in [1.807, 2.05) is 6.92 Å². The molecule has 0 unspecified atom stereocenters. The second-order valence-electron chi connectivity index (χ2n) is 5.43. The van der Waals surface area contributed by atoms with Crippen molar-refractivity contribution >= 4 is 0 Å². The Morgan fingerprint density at radius 1 is 1.28 bits per heavy atom. The van der Waals surface area contributed by atoms with Crippen molar-refractivity contribution < 1.29 is 13.2 Å². The summed E-state index contributed by atoms with van der Waals surface area (Å²) in [7, 11) is 0. The highest BCUT2D eigenvalue weighted by atomic mass is 19.4. The van der Waals surface area contributed by atoms with Gasteiger partial charge in [-0.3, -0.25) is 9.25 Å². The van der Waals surface area contributed by atoms with E-state index in [0.29, 0.717) is 12.4 Å². The molecule has 0 saturated carbocycles. The van der Waals surface area contributed by atoms with Crippen molar-refractivity contribution in [3.8, 4) is 5.82 Å². The summed E-state index contributed by atoms with van der Waals surface area (Å²) < 4.78 is 42.5. The molecule has 3 aromatic rings. The Morgan fingerprint density at radius 2 is 2.04 bits per heavy atom. The van der Waals surface area contributed by atoms with Crippen LogP contribution in [0.4, 0.5) is 13.2 Å². The molecule has 10 heteroatoms. The number of hydrogen-bond acceptors (Lipinski definition) is 4. The fourth-order valence-corrected chi connectivity index (χ4v) is 2.38. The molecule has 0 saturated heterocycles. The zero-order valence-corrected chi connectivity index (χ0v) is 13.5. The lowest BCUT2D eigenvalue weighted by Crippen LogP contribution is -2.25. The minimum Gasteiger partial charge on any atom is -0.274 e. The van der Waals surface area contributed by atoms with Gasteiger partial charge >= 0.3 is 11.9 Å². The van der Waals surface area contributed by atoms with Gasteiger partial charge in [0.15, 0.2) is 5.82 Å². The van der Waals surface area contributed by atoms with E-state index in [0.717, 1.165) is 28.6 Å². The first kappa shape index (κ1) is 16.9. The maximum Gasteiger partial charge on any atom is 0.416 e. The molecule has 0 N–H and O–H groups in total. The maximum absolute atomic E-state index is 12.8. The SMILES string of the molecule is CCn1cc(Cn2c(C)nn(-c3cc(C(F)(F)F)ccn3)c2=O)cn1. The van der Waals surface area contributed by atoms with Gasteiger partial charge in [-0.25, -0.2) is 9.78 Å². The molecule has 0 radical (unpaired) electrons. The molecule has 0 aliphatic heterocycles. The van der Waals surface area contributed by atoms with Crippen LogP contribution in [0.5, 0.6) is 0 Å². The Labute approximate surface area is 140 Å². The molecule has 3 aromatic heterocycles. The summed E-state index contributed by atoms with van der Waals surface area (Å²) in [4.78, 5) is 16.4. The lowest BCUT2D eigenvalue weighted by molar-refractivity contribution is -0.137. The topological polar surface area (TPSA) is 70.5 Å². The van der Waals surface area contributed by atoms with Crippen LogP contribution in [0.1, 0.15) is 23.9 Å². The predicted molar refractivity (Wildman–Crippen MR) is 82.4 cm³/mol. The molecule has 3 rings (SSSR count). The Bertz CT molecular complexity index is 953. The van der Waals surface area contributed by atoms with E-state index >= 15 is 0 Å². The van der Waals surface area contributed by atoms with Crippen LogP contribution in [0.2, 0.25) is 0 Å². The van der Waals surface area contributed by atoms with Gasteiger partial charge < -0.3 is 0 Å². The number of aryl methyl sites for hydroxylation is 2. The average molecular weight is 352 g/mol. The fraction of sp³-hybridized carbons (Fsp3) is 0.333. The Balaban J connectivity index is 1.98. The van der Waals surface area contributed by atoms with E-state index in [2.05, 4.69) is 15.2 Å². The van der Waals surface area contributed by atoms with Crippen molar-refractivity contribution in [3.05, 3.63) is 58.2 Å². The van der Waals surface area contributed by atoms with E-state index in [-0.39, 0.29) is 12.4 Å². The van der Waals surface area contributed by atoms with Gasteiger partial charge in [-0.2, -0.15) is 23.0 Å². The quantitative estimate of drug-likeness (QED) is 0.720. The molecule has 3 heterocycles. The molecule has 0 amide bonds. The van der Waals surface area contributed by atoms with Gasteiger partial charge in [0.25, 0.3) is 0 Å². The van der Waals surface area contributed by atoms with Crippen LogP contribution in [-0.4, -0.2) is 29.1 Å². The molecule has 7 nitrogen and oxygen atoms in total. The van der Waals surface area contributed by atoms with E-state index in [1.165, 1.54) is 4.57 Å². The second-order valence-corrected chi connectivity index (χ2v) is 5.43. The number of nitrogens with zero attached hydrogens (tertiary/aromatic N) is 6. The largest absolute Gasteiger partial charge is 0.416 e. The van der Waals surface area contributed by atoms with Gasteiger partial charge in [0.2, 0.25) is 0 Å². The monoisotopic (exact) mass is 352 g/mol. The third kappa shape index (κ3) is 3.32. The van der Waals surface area contributed by atoms with Gasteiger partial charge in [-0.15, -0.1) is 5.10 Å². The average Bonchev–Trinajstić information content (AvgIpc) is 3.14. The van der Waals surface area contributed by atoms with Gasteiger partial charge in [0, 0.05) is 24.5 Å². The Hall–Kier alpha value is -2.91. The molecular weight excluding hydrogens is 337 g/mol. The van der Waals surface area contributed by atoms with Crippen molar-refractivity contribution in [1.29, 1.82) is 0 Å². The van der Waals surface area contributed by atoms with Gasteiger partial charge in [-0.05, 0) is 26.0 Å². The number of rotatable bonds is 4. The minimum atomic E-state index is -4.52. The van der Waals surface area contributed by atoms with Crippen LogP contribution in [-0.2, 0) is 19.3 Å². The maximum atomic E-state index is 12.8. The Kier molecular flexibility index (Phi) is 4.19. The van der Waals surface area contributed by atoms with Crippen LogP contribution in [0.25, 0.3) is 5.82 Å². The third-order valence-electron chi connectivity index (χ3n) is 3.69. The van der Waals surface area contributed by atoms with Crippen molar-refractivity contribution in [2.24, 2.45) is 0 Å². The summed E-state index contributed by atoms with van der Waals surface area (Å²) >= 11 is 0. The van der Waals surface area contributed by atoms with Gasteiger partial charge in [-0.1, -0.05) is 0 Å². The highest BCUT2D eigenvalue weighted by Crippen LogP contribution is 2.29. The summed E-state index contributed by atoms with van der Waals surface area (Å²) in [5, 5.41) is 8.17. The summed E-state index contributed by atoms with van der Waals surface area (Å²) in [6.07, 6.45) is -0.0845. The molecule has 0 atom stereocenters. The van der Waals surface area contributed by atoms with E-state index in [1.54, 1.807) is 24.0 Å². The highest BCUT2D eigenvalue weighted by Gasteiger charge is 2.31. The summed E-state index contributed by atoms with van der Waals surface area (Å²) in [5.41, 5.74) is -0.655. The molecule has 25 heavy (non-hydrogen) atoms. The number of halogens is 3. The van der Waals surface area contributed by atoms with Crippen molar-refractivity contribution in [3.63, 3.8) is 0 Å². The minimum absolute atomic E-state index is 0.175. The third-order valence-corrected chi connectivity index (χ3v) is 3.69. The van der Waals surface area contributed by atoms with E-state index in [4.69, 9.17) is 0 Å². The second kappa shape index (κ2) is 6.19. The van der Waals surface area contributed by atoms with Crippen molar-refractivity contribution in [2.45, 2.75) is 33.1 Å². The van der Waals surface area contributed by atoms with Crippen LogP contribution in [0.3, 0.4) is 0 Å². The summed E-state index contributed by atoms with van der Waals surface area (Å²) in [5.74, 6) is 0.194. The standard InChI is InChI=1S/C15H15F3N6O/c1-3-22-8-11(7-20-22)9-23-10(2)21-24(14(23)25)13-6-12(4-5-19-13)15(16,17)18/h4-8H,3,9H2,1-2H3. The number of pyridine rings is 1. The van der Waals surface area contributed by atoms with E-state index in [9.17, 15) is 18.0 Å². The van der Waals surface area contributed by atoms with Crippen LogP contribution in [0.15, 0.2) is 35.5 Å². The lowest BCUT2D eigenvalue weighted by Gasteiger charge is -2.07. The molecule has 0 spiro atoms. The molecule has 0 aliphatic rings. The summed E-state index contributed by atoms with van der Waals surface area (Å²) in [6.45, 7) is 4.46. The first-order valence-electron chi connectivity index (χ1n) is 7.51. The number of aromatic nitrogens is 6. The fourth-order valence-electron chi connectivity index (χ4n) is 2.38. The predicted octanol–water partition coefficient (Wildman–Crippen LogP) is 2.02. The van der Waals surface area contributed by atoms with Crippen LogP contribution < -0.4 is 5.69 Å². The van der Waals surface area contributed by atoms with Gasteiger partial charge in [0.1, 0.15) is 5.82 Å². The number of alkyl halides is 3. The van der Waals surface area contributed by atoms with Crippen molar-refractivity contribution in [1.82, 2.24) is 29.1 Å². The molecule has 0 aliphatic carbocycles. The molecule has 0 aromatic carbocycles. The zero-order chi connectivity index (χ0) is 18.2. The first-order chi connectivity index (χ1) is 11.8. The highest BCUT2D eigenvalue weighted by molar-refractivity contribution is 5.28. The molecule has 0 fully saturated rings. The van der Waals surface area contributed by atoms with Crippen molar-refractivity contribution in [2.75, 3.05) is 0 Å². The lowest BCUT2D eigenvalue weighted by atomic mass is 10.2. The zero-order valence-electron chi connectivity index (χ0n) is 13.5. The van der Waals surface area contributed by atoms with Crippen LogP contribution in [0, 0.1) is 6.92 Å².